The van der Waals surface area contributed by atoms with E-state index in [0.717, 1.165) is 11.9 Å². The summed E-state index contributed by atoms with van der Waals surface area (Å²) in [5, 5.41) is 15.3. The van der Waals surface area contributed by atoms with Crippen molar-refractivity contribution < 1.29 is 5.11 Å². The maximum atomic E-state index is 9.71. The van der Waals surface area contributed by atoms with Gasteiger partial charge in [0, 0.05) is 30.9 Å². The number of aliphatic hydroxyl groups is 1. The van der Waals surface area contributed by atoms with Crippen molar-refractivity contribution in [2.45, 2.75) is 26.5 Å². The van der Waals surface area contributed by atoms with Crippen LogP contribution < -0.4 is 5.32 Å². The molecule has 1 heterocycles. The third-order valence-electron chi connectivity index (χ3n) is 3.16. The fourth-order valence-electron chi connectivity index (χ4n) is 1.84. The Kier molecular flexibility index (Phi) is 4.28. The van der Waals surface area contributed by atoms with Gasteiger partial charge in [0.1, 0.15) is 0 Å². The number of pyridine rings is 1. The maximum absolute atomic E-state index is 9.71. The number of aromatic nitrogens is 1. The normalized spacial score (nSPS) is 13.1. The summed E-state index contributed by atoms with van der Waals surface area (Å²) < 4.78 is 0. The summed E-state index contributed by atoms with van der Waals surface area (Å²) in [6.07, 6.45) is 3.39. The van der Waals surface area contributed by atoms with Crippen LogP contribution >= 0.6 is 0 Å². The first-order chi connectivity index (χ1) is 8.66. The summed E-state index contributed by atoms with van der Waals surface area (Å²) in [7, 11) is 0. The number of hydrogen-bond donors (Lipinski definition) is 2. The van der Waals surface area contributed by atoms with E-state index < -0.39 is 0 Å². The summed E-state index contributed by atoms with van der Waals surface area (Å²) in [5.74, 6) is 0.292. The van der Waals surface area contributed by atoms with Gasteiger partial charge < -0.3 is 10.4 Å². The Bertz CT molecular complexity index is 511. The molecule has 3 nitrogen and oxygen atoms in total. The second kappa shape index (κ2) is 5.94. The zero-order chi connectivity index (χ0) is 13.0. The first-order valence-electron chi connectivity index (χ1n) is 6.38. The van der Waals surface area contributed by atoms with Crippen LogP contribution in [0.25, 0.3) is 10.8 Å². The Balaban J connectivity index is 1.96. The molecule has 1 aromatic carbocycles. The topological polar surface area (TPSA) is 45.1 Å². The van der Waals surface area contributed by atoms with Gasteiger partial charge in [0.2, 0.25) is 0 Å². The van der Waals surface area contributed by atoms with Crippen molar-refractivity contribution in [3.63, 3.8) is 0 Å². The van der Waals surface area contributed by atoms with Gasteiger partial charge in [-0.25, -0.2) is 0 Å². The molecule has 18 heavy (non-hydrogen) atoms. The van der Waals surface area contributed by atoms with Gasteiger partial charge in [-0.1, -0.05) is 26.0 Å². The quantitative estimate of drug-likeness (QED) is 0.848. The van der Waals surface area contributed by atoms with Gasteiger partial charge in [0.05, 0.1) is 6.10 Å². The second-order valence-corrected chi connectivity index (χ2v) is 5.00. The second-order valence-electron chi connectivity index (χ2n) is 5.00. The van der Waals surface area contributed by atoms with Gasteiger partial charge in [-0.2, -0.15) is 0 Å². The molecule has 0 radical (unpaired) electrons. The molecule has 0 aliphatic heterocycles. The average Bonchev–Trinajstić information content (AvgIpc) is 2.38. The fraction of sp³-hybridized carbons (Fsp3) is 0.400. The van der Waals surface area contributed by atoms with Crippen LogP contribution in [0.3, 0.4) is 0 Å². The van der Waals surface area contributed by atoms with E-state index in [2.05, 4.69) is 28.5 Å². The number of fused-ring (bicyclic) bond motifs is 1. The minimum Gasteiger partial charge on any atom is -0.392 e. The molecule has 2 N–H and O–H groups in total. The summed E-state index contributed by atoms with van der Waals surface area (Å²) >= 11 is 0. The van der Waals surface area contributed by atoms with E-state index >= 15 is 0 Å². The van der Waals surface area contributed by atoms with Crippen molar-refractivity contribution in [1.29, 1.82) is 0 Å². The number of rotatable bonds is 5. The highest BCUT2D eigenvalue weighted by Gasteiger charge is 2.07. The molecule has 96 valence electrons. The maximum Gasteiger partial charge on any atom is 0.0687 e. The summed E-state index contributed by atoms with van der Waals surface area (Å²) in [6.45, 7) is 5.46. The highest BCUT2D eigenvalue weighted by Crippen LogP contribution is 2.14. The Labute approximate surface area is 108 Å². The van der Waals surface area contributed by atoms with Crippen LogP contribution in [0.5, 0.6) is 0 Å². The largest absolute Gasteiger partial charge is 0.392 e. The number of hydrogen-bond acceptors (Lipinski definition) is 3. The molecule has 0 fully saturated rings. The lowest BCUT2D eigenvalue weighted by atomic mass is 10.1. The number of aliphatic hydroxyl groups excluding tert-OH is 1. The third kappa shape index (κ3) is 3.28. The zero-order valence-electron chi connectivity index (χ0n) is 10.9. The first-order valence-corrected chi connectivity index (χ1v) is 6.38. The molecular weight excluding hydrogens is 224 g/mol. The van der Waals surface area contributed by atoms with Crippen molar-refractivity contribution in [2.24, 2.45) is 5.92 Å². The van der Waals surface area contributed by atoms with Crippen molar-refractivity contribution in [1.82, 2.24) is 10.3 Å². The van der Waals surface area contributed by atoms with E-state index in [1.165, 1.54) is 10.9 Å². The monoisotopic (exact) mass is 244 g/mol. The van der Waals surface area contributed by atoms with Gasteiger partial charge in [0.15, 0.2) is 0 Å². The molecule has 0 saturated carbocycles. The highest BCUT2D eigenvalue weighted by atomic mass is 16.3. The number of nitrogens with one attached hydrogen (secondary N) is 1. The van der Waals surface area contributed by atoms with Crippen LogP contribution in [0.4, 0.5) is 0 Å². The smallest absolute Gasteiger partial charge is 0.0687 e. The molecule has 0 aliphatic carbocycles. The van der Waals surface area contributed by atoms with Crippen LogP contribution in [0.2, 0.25) is 0 Å². The molecule has 0 aliphatic rings. The van der Waals surface area contributed by atoms with Crippen LogP contribution in [-0.2, 0) is 6.54 Å². The van der Waals surface area contributed by atoms with Gasteiger partial charge in [-0.3, -0.25) is 4.98 Å². The average molecular weight is 244 g/mol. The van der Waals surface area contributed by atoms with E-state index in [-0.39, 0.29) is 6.10 Å². The van der Waals surface area contributed by atoms with E-state index in [0.29, 0.717) is 12.5 Å². The Hall–Kier alpha value is -1.45. The van der Waals surface area contributed by atoms with E-state index in [1.54, 1.807) is 0 Å². The van der Waals surface area contributed by atoms with Crippen LogP contribution in [0, 0.1) is 5.92 Å². The van der Waals surface area contributed by atoms with Gasteiger partial charge >= 0.3 is 0 Å². The molecular formula is C15H20N2O. The molecule has 0 saturated heterocycles. The Morgan fingerprint density at radius 3 is 2.83 bits per heavy atom. The molecule has 3 heteroatoms. The fourth-order valence-corrected chi connectivity index (χ4v) is 1.84. The molecule has 2 aromatic rings. The Morgan fingerprint density at radius 1 is 1.22 bits per heavy atom. The zero-order valence-corrected chi connectivity index (χ0v) is 10.9. The molecule has 1 unspecified atom stereocenters. The van der Waals surface area contributed by atoms with E-state index in [9.17, 15) is 5.11 Å². The summed E-state index contributed by atoms with van der Waals surface area (Å²) in [4.78, 5) is 4.10. The minimum absolute atomic E-state index is 0.283. The Morgan fingerprint density at radius 2 is 2.06 bits per heavy atom. The van der Waals surface area contributed by atoms with Crippen LogP contribution in [-0.4, -0.2) is 22.7 Å². The van der Waals surface area contributed by atoms with Gasteiger partial charge in [-0.15, -0.1) is 0 Å². The molecule has 2 rings (SSSR count). The van der Waals surface area contributed by atoms with Crippen molar-refractivity contribution in [3.8, 4) is 0 Å². The lowest BCUT2D eigenvalue weighted by molar-refractivity contribution is 0.123. The predicted octanol–water partition coefficient (Wildman–Crippen LogP) is 2.34. The van der Waals surface area contributed by atoms with Crippen molar-refractivity contribution in [2.75, 3.05) is 6.54 Å². The molecule has 0 spiro atoms. The van der Waals surface area contributed by atoms with Crippen LogP contribution in [0.1, 0.15) is 19.4 Å². The molecule has 1 atom stereocenters. The predicted molar refractivity (Wildman–Crippen MR) is 74.3 cm³/mol. The summed E-state index contributed by atoms with van der Waals surface area (Å²) in [6, 6.07) is 8.35. The first kappa shape index (κ1) is 13.0. The lowest BCUT2D eigenvalue weighted by Gasteiger charge is -2.15. The van der Waals surface area contributed by atoms with Gasteiger partial charge in [0.25, 0.3) is 0 Å². The van der Waals surface area contributed by atoms with E-state index in [4.69, 9.17) is 0 Å². The number of benzene rings is 1. The molecule has 0 bridgehead atoms. The third-order valence-corrected chi connectivity index (χ3v) is 3.16. The molecule has 0 amide bonds. The van der Waals surface area contributed by atoms with E-state index in [1.807, 2.05) is 32.3 Å². The van der Waals surface area contributed by atoms with Crippen LogP contribution in [0.15, 0.2) is 36.7 Å². The minimum atomic E-state index is -0.283. The van der Waals surface area contributed by atoms with Gasteiger partial charge in [-0.05, 0) is 29.0 Å². The number of nitrogens with zero attached hydrogens (tertiary/aromatic N) is 1. The van der Waals surface area contributed by atoms with Crippen molar-refractivity contribution in [3.05, 3.63) is 42.2 Å². The summed E-state index contributed by atoms with van der Waals surface area (Å²) in [5.41, 5.74) is 1.23. The standard InChI is InChI=1S/C15H20N2O/c1-11(2)15(18)10-17-8-12-3-4-14-9-16-6-5-13(14)7-12/h3-7,9,11,15,17-18H,8,10H2,1-2H3. The highest BCUT2D eigenvalue weighted by molar-refractivity contribution is 5.81. The van der Waals surface area contributed by atoms with Crippen molar-refractivity contribution >= 4 is 10.8 Å². The molecule has 1 aromatic heterocycles. The SMILES string of the molecule is CC(C)C(O)CNCc1ccc2cnccc2c1. The lowest BCUT2D eigenvalue weighted by Crippen LogP contribution is -2.30.